The van der Waals surface area contributed by atoms with Crippen molar-refractivity contribution in [3.05, 3.63) is 65.9 Å². The van der Waals surface area contributed by atoms with Crippen molar-refractivity contribution in [2.45, 2.75) is 13.3 Å². The smallest absolute Gasteiger partial charge is 0.227 e. The summed E-state index contributed by atoms with van der Waals surface area (Å²) in [6.45, 7) is 4.80. The number of carbonyl (C=O) groups is 1. The number of nitrogens with one attached hydrogen (secondary N) is 1. The predicted octanol–water partition coefficient (Wildman–Crippen LogP) is 2.82. The zero-order chi connectivity index (χ0) is 21.6. The Morgan fingerprint density at radius 2 is 1.71 bits per heavy atom. The summed E-state index contributed by atoms with van der Waals surface area (Å²) in [6, 6.07) is 15.4. The molecule has 160 valence electrons. The van der Waals surface area contributed by atoms with Crippen LogP contribution in [-0.4, -0.2) is 59.3 Å². The van der Waals surface area contributed by atoms with Crippen LogP contribution in [0.2, 0.25) is 0 Å². The fourth-order valence-electron chi connectivity index (χ4n) is 3.45. The minimum atomic E-state index is 0.140. The van der Waals surface area contributed by atoms with Crippen LogP contribution in [0, 0.1) is 6.92 Å². The molecule has 1 saturated heterocycles. The second-order valence-electron chi connectivity index (χ2n) is 7.52. The van der Waals surface area contributed by atoms with Crippen molar-refractivity contribution in [3.8, 4) is 5.75 Å². The lowest BCUT2D eigenvalue weighted by Crippen LogP contribution is -2.49. The number of anilines is 3. The number of aromatic nitrogens is 3. The number of hydrogen-bond acceptors (Lipinski definition) is 7. The van der Waals surface area contributed by atoms with Gasteiger partial charge in [-0.25, -0.2) is 4.98 Å². The van der Waals surface area contributed by atoms with Crippen molar-refractivity contribution in [2.24, 2.45) is 0 Å². The van der Waals surface area contributed by atoms with E-state index in [1.165, 1.54) is 0 Å². The van der Waals surface area contributed by atoms with Gasteiger partial charge in [-0.3, -0.25) is 4.79 Å². The van der Waals surface area contributed by atoms with E-state index >= 15 is 0 Å². The van der Waals surface area contributed by atoms with Crippen LogP contribution in [0.15, 0.2) is 54.7 Å². The molecule has 3 heterocycles. The summed E-state index contributed by atoms with van der Waals surface area (Å²) in [6.07, 6.45) is 2.21. The third-order valence-electron chi connectivity index (χ3n) is 5.29. The summed E-state index contributed by atoms with van der Waals surface area (Å²) in [5, 5.41) is 11.8. The molecule has 31 heavy (non-hydrogen) atoms. The summed E-state index contributed by atoms with van der Waals surface area (Å²) in [7, 11) is 1.63. The summed E-state index contributed by atoms with van der Waals surface area (Å²) in [5.74, 6) is 3.12. The molecule has 1 aliphatic rings. The average molecular weight is 419 g/mol. The quantitative estimate of drug-likeness (QED) is 0.659. The highest BCUT2D eigenvalue weighted by Gasteiger charge is 2.22. The van der Waals surface area contributed by atoms with Gasteiger partial charge in [-0.2, -0.15) is 0 Å². The highest BCUT2D eigenvalue weighted by Crippen LogP contribution is 2.18. The first-order valence-corrected chi connectivity index (χ1v) is 10.3. The number of carbonyl (C=O) groups excluding carboxylic acids is 1. The van der Waals surface area contributed by atoms with Gasteiger partial charge in [-0.05, 0) is 48.4 Å². The van der Waals surface area contributed by atoms with Gasteiger partial charge in [0.1, 0.15) is 11.6 Å². The molecule has 0 bridgehead atoms. The normalized spacial score (nSPS) is 13.7. The number of piperazine rings is 1. The molecule has 8 nitrogen and oxygen atoms in total. The van der Waals surface area contributed by atoms with Crippen LogP contribution in [0.5, 0.6) is 5.75 Å². The lowest BCUT2D eigenvalue weighted by atomic mass is 10.1. The number of aryl methyl sites for hydroxylation is 1. The molecular weight excluding hydrogens is 392 g/mol. The van der Waals surface area contributed by atoms with E-state index in [0.29, 0.717) is 25.3 Å². The van der Waals surface area contributed by atoms with Gasteiger partial charge in [-0.15, -0.1) is 10.2 Å². The summed E-state index contributed by atoms with van der Waals surface area (Å²) in [4.78, 5) is 21.0. The molecule has 0 aliphatic carbocycles. The maximum absolute atomic E-state index is 12.6. The van der Waals surface area contributed by atoms with Crippen LogP contribution < -0.4 is 15.0 Å². The van der Waals surface area contributed by atoms with Crippen molar-refractivity contribution in [2.75, 3.05) is 43.5 Å². The Balaban J connectivity index is 1.28. The molecule has 0 radical (unpaired) electrons. The first-order valence-electron chi connectivity index (χ1n) is 10.3. The van der Waals surface area contributed by atoms with E-state index in [-0.39, 0.29) is 5.91 Å². The number of methoxy groups -OCH3 is 1. The van der Waals surface area contributed by atoms with Gasteiger partial charge in [0.15, 0.2) is 11.6 Å². The van der Waals surface area contributed by atoms with Crippen LogP contribution in [0.25, 0.3) is 0 Å². The molecule has 3 aromatic rings. The summed E-state index contributed by atoms with van der Waals surface area (Å²) >= 11 is 0. The van der Waals surface area contributed by atoms with Gasteiger partial charge >= 0.3 is 0 Å². The molecule has 1 fully saturated rings. The van der Waals surface area contributed by atoms with E-state index in [1.54, 1.807) is 13.3 Å². The molecule has 0 unspecified atom stereocenters. The molecule has 0 saturated carbocycles. The number of rotatable bonds is 6. The van der Waals surface area contributed by atoms with Gasteiger partial charge in [0.05, 0.1) is 13.5 Å². The molecule has 1 N–H and O–H groups in total. The number of nitrogens with zero attached hydrogens (tertiary/aromatic N) is 5. The zero-order valence-electron chi connectivity index (χ0n) is 17.8. The molecule has 1 aliphatic heterocycles. The van der Waals surface area contributed by atoms with Crippen molar-refractivity contribution >= 4 is 23.4 Å². The van der Waals surface area contributed by atoms with Gasteiger partial charge < -0.3 is 19.9 Å². The van der Waals surface area contributed by atoms with E-state index in [0.717, 1.165) is 41.6 Å². The maximum Gasteiger partial charge on any atom is 0.227 e. The Kier molecular flexibility index (Phi) is 6.26. The molecule has 0 spiro atoms. The second-order valence-corrected chi connectivity index (χ2v) is 7.52. The van der Waals surface area contributed by atoms with Gasteiger partial charge in [0.2, 0.25) is 5.91 Å². The molecule has 0 atom stereocenters. The van der Waals surface area contributed by atoms with Gasteiger partial charge in [-0.1, -0.05) is 18.2 Å². The largest absolute Gasteiger partial charge is 0.497 e. The SMILES string of the molecule is COc1ccc(CC(=O)N2CCN(c3ccc(Nc4ccc(C)cn4)nn3)CC2)cc1. The minimum Gasteiger partial charge on any atom is -0.497 e. The first kappa shape index (κ1) is 20.6. The lowest BCUT2D eigenvalue weighted by molar-refractivity contribution is -0.130. The molecule has 2 aromatic heterocycles. The third-order valence-corrected chi connectivity index (χ3v) is 5.29. The van der Waals surface area contributed by atoms with Crippen molar-refractivity contribution in [1.29, 1.82) is 0 Å². The third kappa shape index (κ3) is 5.28. The molecular formula is C23H26N6O2. The second kappa shape index (κ2) is 9.42. The Morgan fingerprint density at radius 1 is 0.968 bits per heavy atom. The number of amides is 1. The molecule has 1 aromatic carbocycles. The van der Waals surface area contributed by atoms with E-state index < -0.39 is 0 Å². The number of benzene rings is 1. The standard InChI is InChI=1S/C23H26N6O2/c1-17-3-8-20(24-16-17)25-21-9-10-22(27-26-21)28-11-13-29(14-12-28)23(30)15-18-4-6-19(31-2)7-5-18/h3-10,16H,11-15H2,1-2H3,(H,24,25,26). The lowest BCUT2D eigenvalue weighted by Gasteiger charge is -2.35. The Hall–Kier alpha value is -3.68. The predicted molar refractivity (Wildman–Crippen MR) is 120 cm³/mol. The van der Waals surface area contributed by atoms with E-state index in [9.17, 15) is 4.79 Å². The molecule has 4 rings (SSSR count). The van der Waals surface area contributed by atoms with Crippen molar-refractivity contribution in [3.63, 3.8) is 0 Å². The zero-order valence-corrected chi connectivity index (χ0v) is 17.8. The van der Waals surface area contributed by atoms with Gasteiger partial charge in [0, 0.05) is 32.4 Å². The summed E-state index contributed by atoms with van der Waals surface area (Å²) < 4.78 is 5.17. The topological polar surface area (TPSA) is 83.5 Å². The van der Waals surface area contributed by atoms with E-state index in [1.807, 2.05) is 60.4 Å². The van der Waals surface area contributed by atoms with Crippen LogP contribution in [0.1, 0.15) is 11.1 Å². The Morgan fingerprint density at radius 3 is 2.32 bits per heavy atom. The van der Waals surface area contributed by atoms with Crippen LogP contribution in [0.3, 0.4) is 0 Å². The van der Waals surface area contributed by atoms with Crippen LogP contribution >= 0.6 is 0 Å². The summed E-state index contributed by atoms with van der Waals surface area (Å²) in [5.41, 5.74) is 2.10. The fourth-order valence-corrected chi connectivity index (χ4v) is 3.45. The van der Waals surface area contributed by atoms with Crippen LogP contribution in [0.4, 0.5) is 17.5 Å². The van der Waals surface area contributed by atoms with E-state index in [4.69, 9.17) is 4.74 Å². The minimum absolute atomic E-state index is 0.140. The maximum atomic E-state index is 12.6. The Bertz CT molecular complexity index is 998. The van der Waals surface area contributed by atoms with E-state index in [2.05, 4.69) is 25.4 Å². The van der Waals surface area contributed by atoms with Crippen molar-refractivity contribution < 1.29 is 9.53 Å². The van der Waals surface area contributed by atoms with Crippen LogP contribution in [-0.2, 0) is 11.2 Å². The number of ether oxygens (including phenoxy) is 1. The van der Waals surface area contributed by atoms with Crippen molar-refractivity contribution in [1.82, 2.24) is 20.1 Å². The Labute approximate surface area is 181 Å². The highest BCUT2D eigenvalue weighted by atomic mass is 16.5. The monoisotopic (exact) mass is 418 g/mol. The first-order chi connectivity index (χ1) is 15.1. The number of hydrogen-bond donors (Lipinski definition) is 1. The number of pyridine rings is 1. The average Bonchev–Trinajstić information content (AvgIpc) is 2.82. The van der Waals surface area contributed by atoms with Gasteiger partial charge in [0.25, 0.3) is 0 Å². The molecule has 8 heteroatoms. The fraction of sp³-hybridized carbons (Fsp3) is 0.304. The highest BCUT2D eigenvalue weighted by molar-refractivity contribution is 5.79. The molecule has 1 amide bonds.